The van der Waals surface area contributed by atoms with Crippen LogP contribution in [0.4, 0.5) is 4.39 Å². The highest BCUT2D eigenvalue weighted by atomic mass is 32.1. The Balaban J connectivity index is 1.20. The second-order valence-corrected chi connectivity index (χ2v) is 8.43. The summed E-state index contributed by atoms with van der Waals surface area (Å²) in [6.07, 6.45) is 0. The van der Waals surface area contributed by atoms with Crippen LogP contribution in [0.25, 0.3) is 21.5 Å². The number of halogens is 1. The number of furan rings is 1. The third kappa shape index (κ3) is 3.86. The first-order chi connectivity index (χ1) is 14.7. The minimum absolute atomic E-state index is 0.108. The molecule has 1 fully saturated rings. The van der Waals surface area contributed by atoms with Gasteiger partial charge >= 0.3 is 0 Å². The van der Waals surface area contributed by atoms with Crippen LogP contribution in [0.3, 0.4) is 0 Å². The molecule has 0 aliphatic carbocycles. The van der Waals surface area contributed by atoms with Gasteiger partial charge in [-0.05, 0) is 48.5 Å². The summed E-state index contributed by atoms with van der Waals surface area (Å²) < 4.78 is 20.1. The molecule has 0 N–H and O–H groups in total. The SMILES string of the molecule is O=C(c1ccc(-c2ccc(F)cc2)o1)N1CCN(Cc2nc3ccccc3s2)CC1. The van der Waals surface area contributed by atoms with E-state index in [0.717, 1.165) is 35.7 Å². The van der Waals surface area contributed by atoms with E-state index in [9.17, 15) is 9.18 Å². The summed E-state index contributed by atoms with van der Waals surface area (Å²) in [5, 5.41) is 1.10. The number of amides is 1. The van der Waals surface area contributed by atoms with Crippen molar-refractivity contribution in [3.05, 3.63) is 77.2 Å². The number of aromatic nitrogens is 1. The van der Waals surface area contributed by atoms with Crippen LogP contribution in [-0.4, -0.2) is 46.9 Å². The standard InChI is InChI=1S/C23H20FN3O2S/c24-17-7-5-16(6-8-17)19-9-10-20(29-19)23(28)27-13-11-26(12-14-27)15-22-25-18-3-1-2-4-21(18)30-22/h1-10H,11-15H2. The van der Waals surface area contributed by atoms with Crippen molar-refractivity contribution in [2.24, 2.45) is 0 Å². The zero-order valence-corrected chi connectivity index (χ0v) is 17.1. The lowest BCUT2D eigenvalue weighted by atomic mass is 10.2. The number of piperazine rings is 1. The van der Waals surface area contributed by atoms with Gasteiger partial charge < -0.3 is 9.32 Å². The second kappa shape index (κ2) is 8.01. The van der Waals surface area contributed by atoms with Crippen molar-refractivity contribution >= 4 is 27.5 Å². The Morgan fingerprint density at radius 2 is 1.77 bits per heavy atom. The summed E-state index contributed by atoms with van der Waals surface area (Å²) in [7, 11) is 0. The van der Waals surface area contributed by atoms with Crippen molar-refractivity contribution in [1.82, 2.24) is 14.8 Å². The zero-order valence-electron chi connectivity index (χ0n) is 16.3. The summed E-state index contributed by atoms with van der Waals surface area (Å²) in [5.41, 5.74) is 1.79. The first-order valence-electron chi connectivity index (χ1n) is 9.87. The lowest BCUT2D eigenvalue weighted by Crippen LogP contribution is -2.48. The predicted octanol–water partition coefficient (Wildman–Crippen LogP) is 4.65. The van der Waals surface area contributed by atoms with Crippen LogP contribution >= 0.6 is 11.3 Å². The Hall–Kier alpha value is -3.03. The number of carbonyl (C=O) groups excluding carboxylic acids is 1. The molecule has 0 spiro atoms. The maximum Gasteiger partial charge on any atom is 0.289 e. The summed E-state index contributed by atoms with van der Waals surface area (Å²) in [6.45, 7) is 3.70. The molecule has 5 rings (SSSR count). The monoisotopic (exact) mass is 421 g/mol. The number of carbonyl (C=O) groups is 1. The Morgan fingerprint density at radius 3 is 2.53 bits per heavy atom. The molecule has 1 aliphatic heterocycles. The van der Waals surface area contributed by atoms with E-state index in [0.29, 0.717) is 24.6 Å². The van der Waals surface area contributed by atoms with E-state index in [1.54, 1.807) is 35.6 Å². The molecule has 3 heterocycles. The average molecular weight is 421 g/mol. The third-order valence-corrected chi connectivity index (χ3v) is 6.32. The Morgan fingerprint density at radius 1 is 1.00 bits per heavy atom. The predicted molar refractivity (Wildman–Crippen MR) is 115 cm³/mol. The highest BCUT2D eigenvalue weighted by Gasteiger charge is 2.25. The van der Waals surface area contributed by atoms with Gasteiger partial charge in [0.15, 0.2) is 5.76 Å². The van der Waals surface area contributed by atoms with Gasteiger partial charge in [-0.1, -0.05) is 12.1 Å². The normalized spacial score (nSPS) is 15.0. The summed E-state index contributed by atoms with van der Waals surface area (Å²) in [6, 6.07) is 17.7. The lowest BCUT2D eigenvalue weighted by Gasteiger charge is -2.33. The van der Waals surface area contributed by atoms with Gasteiger partial charge in [-0.25, -0.2) is 9.37 Å². The summed E-state index contributed by atoms with van der Waals surface area (Å²) in [4.78, 5) is 21.7. The van der Waals surface area contributed by atoms with Crippen molar-refractivity contribution in [3.63, 3.8) is 0 Å². The molecule has 0 bridgehead atoms. The van der Waals surface area contributed by atoms with E-state index in [1.807, 2.05) is 23.1 Å². The molecule has 152 valence electrons. The molecular formula is C23H20FN3O2S. The Kier molecular flexibility index (Phi) is 5.06. The molecular weight excluding hydrogens is 401 g/mol. The maximum absolute atomic E-state index is 13.1. The molecule has 7 heteroatoms. The van der Waals surface area contributed by atoms with Gasteiger partial charge in [0.05, 0.1) is 16.8 Å². The molecule has 2 aromatic heterocycles. The molecule has 0 unspecified atom stereocenters. The van der Waals surface area contributed by atoms with Crippen LogP contribution in [0, 0.1) is 5.82 Å². The van der Waals surface area contributed by atoms with Gasteiger partial charge in [0.25, 0.3) is 5.91 Å². The molecule has 4 aromatic rings. The van der Waals surface area contributed by atoms with E-state index >= 15 is 0 Å². The van der Waals surface area contributed by atoms with Crippen molar-refractivity contribution in [3.8, 4) is 11.3 Å². The van der Waals surface area contributed by atoms with Crippen molar-refractivity contribution in [2.45, 2.75) is 6.54 Å². The fraction of sp³-hybridized carbons (Fsp3) is 0.217. The van der Waals surface area contributed by atoms with Gasteiger partial charge in [0.1, 0.15) is 16.6 Å². The van der Waals surface area contributed by atoms with Gasteiger partial charge in [0.2, 0.25) is 0 Å². The fourth-order valence-electron chi connectivity index (χ4n) is 3.67. The van der Waals surface area contributed by atoms with Crippen LogP contribution in [0.1, 0.15) is 15.6 Å². The highest BCUT2D eigenvalue weighted by Crippen LogP contribution is 2.25. The van der Waals surface area contributed by atoms with Crippen molar-refractivity contribution < 1.29 is 13.6 Å². The van der Waals surface area contributed by atoms with Crippen LogP contribution in [0.15, 0.2) is 65.1 Å². The first-order valence-corrected chi connectivity index (χ1v) is 10.7. The van der Waals surface area contributed by atoms with Crippen LogP contribution < -0.4 is 0 Å². The van der Waals surface area contributed by atoms with E-state index < -0.39 is 0 Å². The molecule has 5 nitrogen and oxygen atoms in total. The highest BCUT2D eigenvalue weighted by molar-refractivity contribution is 7.18. The lowest BCUT2D eigenvalue weighted by molar-refractivity contribution is 0.0598. The van der Waals surface area contributed by atoms with Crippen LogP contribution in [-0.2, 0) is 6.54 Å². The summed E-state index contributed by atoms with van der Waals surface area (Å²) in [5.74, 6) is 0.468. The molecule has 30 heavy (non-hydrogen) atoms. The number of para-hydroxylation sites is 1. The number of rotatable bonds is 4. The number of hydrogen-bond acceptors (Lipinski definition) is 5. The Bertz CT molecular complexity index is 1140. The van der Waals surface area contributed by atoms with E-state index in [4.69, 9.17) is 9.40 Å². The molecule has 0 atom stereocenters. The summed E-state index contributed by atoms with van der Waals surface area (Å²) >= 11 is 1.72. The second-order valence-electron chi connectivity index (χ2n) is 7.31. The molecule has 1 saturated heterocycles. The van der Waals surface area contributed by atoms with Gasteiger partial charge in [-0.2, -0.15) is 0 Å². The largest absolute Gasteiger partial charge is 0.451 e. The molecule has 0 saturated carbocycles. The number of hydrogen-bond donors (Lipinski definition) is 0. The minimum Gasteiger partial charge on any atom is -0.451 e. The number of nitrogens with zero attached hydrogens (tertiary/aromatic N) is 3. The third-order valence-electron chi connectivity index (χ3n) is 5.30. The smallest absolute Gasteiger partial charge is 0.289 e. The Labute approximate surface area is 177 Å². The van der Waals surface area contributed by atoms with E-state index in [-0.39, 0.29) is 11.7 Å². The molecule has 2 aromatic carbocycles. The van der Waals surface area contributed by atoms with Crippen LogP contribution in [0.2, 0.25) is 0 Å². The number of benzene rings is 2. The van der Waals surface area contributed by atoms with Gasteiger partial charge in [-0.15, -0.1) is 11.3 Å². The molecule has 1 amide bonds. The molecule has 1 aliphatic rings. The zero-order chi connectivity index (χ0) is 20.5. The quantitative estimate of drug-likeness (QED) is 0.481. The van der Waals surface area contributed by atoms with Crippen molar-refractivity contribution in [2.75, 3.05) is 26.2 Å². The molecule has 0 radical (unpaired) electrons. The minimum atomic E-state index is -0.301. The topological polar surface area (TPSA) is 49.6 Å². The number of thiazole rings is 1. The van der Waals surface area contributed by atoms with Crippen molar-refractivity contribution in [1.29, 1.82) is 0 Å². The van der Waals surface area contributed by atoms with Gasteiger partial charge in [0, 0.05) is 31.7 Å². The van der Waals surface area contributed by atoms with Crippen LogP contribution in [0.5, 0.6) is 0 Å². The van der Waals surface area contributed by atoms with E-state index in [1.165, 1.54) is 16.8 Å². The number of fused-ring (bicyclic) bond motifs is 1. The van der Waals surface area contributed by atoms with E-state index in [2.05, 4.69) is 11.0 Å². The maximum atomic E-state index is 13.1. The fourth-order valence-corrected chi connectivity index (χ4v) is 4.68. The first kappa shape index (κ1) is 19.0. The van der Waals surface area contributed by atoms with Gasteiger partial charge in [-0.3, -0.25) is 9.69 Å². The average Bonchev–Trinajstić information content (AvgIpc) is 3.41.